The number of hydrogen-bond acceptors (Lipinski definition) is 5. The maximum absolute atomic E-state index is 13.2. The number of aromatic amines is 1. The van der Waals surface area contributed by atoms with E-state index in [0.717, 1.165) is 11.1 Å². The minimum absolute atomic E-state index is 0.0800. The van der Waals surface area contributed by atoms with Crippen LogP contribution < -0.4 is 16.6 Å². The number of benzene rings is 1. The maximum Gasteiger partial charge on any atom is 0.329 e. The van der Waals surface area contributed by atoms with Gasteiger partial charge >= 0.3 is 5.69 Å². The molecule has 0 saturated carbocycles. The smallest absolute Gasteiger partial charge is 0.329 e. The van der Waals surface area contributed by atoms with Gasteiger partial charge in [-0.1, -0.05) is 24.3 Å². The minimum Gasteiger partial charge on any atom is -0.340 e. The van der Waals surface area contributed by atoms with Crippen LogP contribution in [0.25, 0.3) is 5.70 Å². The Hall–Kier alpha value is -3.19. The van der Waals surface area contributed by atoms with Crippen molar-refractivity contribution in [1.29, 1.82) is 0 Å². The first-order valence-corrected chi connectivity index (χ1v) is 9.60. The van der Waals surface area contributed by atoms with Crippen LogP contribution in [0, 0.1) is 0 Å². The van der Waals surface area contributed by atoms with E-state index in [0.29, 0.717) is 34.8 Å². The average molecular weight is 377 g/mol. The lowest BCUT2D eigenvalue weighted by molar-refractivity contribution is 0.103. The van der Waals surface area contributed by atoms with Crippen molar-refractivity contribution in [3.8, 4) is 0 Å². The Balaban J connectivity index is 1.88. The molecule has 1 aliphatic heterocycles. The number of thiophene rings is 1. The van der Waals surface area contributed by atoms with E-state index in [1.54, 1.807) is 6.07 Å². The quantitative estimate of drug-likeness (QED) is 0.719. The van der Waals surface area contributed by atoms with Crippen molar-refractivity contribution in [2.24, 2.45) is 0 Å². The number of Topliss-reactive ketones (excluding diaryl/α,β-unsaturated/α-hetero) is 1. The molecule has 0 amide bonds. The molecule has 1 atom stereocenters. The first-order chi connectivity index (χ1) is 13.1. The number of carbonyl (C=O) groups is 1. The molecule has 2 aromatic heterocycles. The molecule has 2 N–H and O–H groups in total. The van der Waals surface area contributed by atoms with Crippen molar-refractivity contribution >= 4 is 28.6 Å². The largest absolute Gasteiger partial charge is 0.340 e. The van der Waals surface area contributed by atoms with E-state index < -0.39 is 17.2 Å². The van der Waals surface area contributed by atoms with Crippen LogP contribution in [-0.4, -0.2) is 15.3 Å². The fourth-order valence-corrected chi connectivity index (χ4v) is 4.73. The van der Waals surface area contributed by atoms with Gasteiger partial charge in [0.1, 0.15) is 5.82 Å². The molecule has 134 valence electrons. The van der Waals surface area contributed by atoms with E-state index in [-0.39, 0.29) is 5.78 Å². The van der Waals surface area contributed by atoms with Crippen LogP contribution in [0.2, 0.25) is 0 Å². The van der Waals surface area contributed by atoms with Gasteiger partial charge in [0.05, 0.1) is 11.3 Å². The van der Waals surface area contributed by atoms with E-state index in [1.807, 2.05) is 41.9 Å². The molecule has 6 nitrogen and oxygen atoms in total. The number of nitrogens with zero attached hydrogens (tertiary/aromatic N) is 1. The number of H-pyrrole nitrogens is 1. The Labute approximate surface area is 157 Å². The SMILES string of the molecule is CCn1c2c(c(=O)[nH]c1=O)[C@@H](c1ccsc1)C1=C(N2)c2ccccc2C1=O. The van der Waals surface area contributed by atoms with E-state index in [4.69, 9.17) is 0 Å². The van der Waals surface area contributed by atoms with Gasteiger partial charge in [0.2, 0.25) is 0 Å². The second-order valence-corrected chi connectivity index (χ2v) is 7.32. The number of carbonyl (C=O) groups excluding carboxylic acids is 1. The summed E-state index contributed by atoms with van der Waals surface area (Å²) in [5.41, 5.74) is 3.04. The predicted molar refractivity (Wildman–Crippen MR) is 104 cm³/mol. The molecule has 0 radical (unpaired) electrons. The summed E-state index contributed by atoms with van der Waals surface area (Å²) in [4.78, 5) is 40.7. The van der Waals surface area contributed by atoms with E-state index >= 15 is 0 Å². The third-order valence-electron chi connectivity index (χ3n) is 5.20. The van der Waals surface area contributed by atoms with Crippen molar-refractivity contribution in [2.75, 3.05) is 5.32 Å². The van der Waals surface area contributed by atoms with Crippen molar-refractivity contribution in [2.45, 2.75) is 19.4 Å². The van der Waals surface area contributed by atoms with E-state index in [2.05, 4.69) is 10.3 Å². The van der Waals surface area contributed by atoms with Crippen molar-refractivity contribution < 1.29 is 4.79 Å². The molecule has 0 fully saturated rings. The Morgan fingerprint density at radius 3 is 2.59 bits per heavy atom. The maximum atomic E-state index is 13.2. The second kappa shape index (κ2) is 5.65. The number of allylic oxidation sites excluding steroid dienone is 1. The van der Waals surface area contributed by atoms with Gasteiger partial charge in [-0.05, 0) is 29.3 Å². The number of rotatable bonds is 2. The van der Waals surface area contributed by atoms with Gasteiger partial charge in [-0.15, -0.1) is 0 Å². The highest BCUT2D eigenvalue weighted by molar-refractivity contribution is 7.08. The molecule has 27 heavy (non-hydrogen) atoms. The lowest BCUT2D eigenvalue weighted by Gasteiger charge is -2.28. The Bertz CT molecular complexity index is 1250. The van der Waals surface area contributed by atoms with E-state index in [1.165, 1.54) is 15.9 Å². The molecule has 1 aliphatic carbocycles. The first kappa shape index (κ1) is 16.0. The van der Waals surface area contributed by atoms with Crippen LogP contribution in [0.3, 0.4) is 0 Å². The number of anilines is 1. The lowest BCUT2D eigenvalue weighted by Crippen LogP contribution is -2.38. The first-order valence-electron chi connectivity index (χ1n) is 8.66. The highest BCUT2D eigenvalue weighted by Crippen LogP contribution is 2.48. The molecule has 0 saturated heterocycles. The predicted octanol–water partition coefficient (Wildman–Crippen LogP) is 2.78. The standard InChI is InChI=1S/C20H15N3O3S/c1-2-23-18-15(19(25)22-20(23)26)13(10-7-8-27-9-10)14-16(21-18)11-5-3-4-6-12(11)17(14)24/h3-9,13,21H,2H2,1H3,(H,22,25,26)/t13-/m0/s1. The fourth-order valence-electron chi connectivity index (χ4n) is 4.04. The summed E-state index contributed by atoms with van der Waals surface area (Å²) in [6, 6.07) is 9.32. The molecule has 2 aliphatic rings. The molecule has 3 heterocycles. The highest BCUT2D eigenvalue weighted by atomic mass is 32.1. The monoisotopic (exact) mass is 377 g/mol. The van der Waals surface area contributed by atoms with Crippen LogP contribution in [-0.2, 0) is 6.54 Å². The Morgan fingerprint density at radius 2 is 1.89 bits per heavy atom. The fraction of sp³-hybridized carbons (Fsp3) is 0.150. The zero-order valence-corrected chi connectivity index (χ0v) is 15.2. The molecule has 0 spiro atoms. The summed E-state index contributed by atoms with van der Waals surface area (Å²) in [6.07, 6.45) is 0. The van der Waals surface area contributed by atoms with Gasteiger partial charge in [-0.25, -0.2) is 4.79 Å². The van der Waals surface area contributed by atoms with Crippen LogP contribution in [0.4, 0.5) is 5.82 Å². The zero-order chi connectivity index (χ0) is 18.7. The lowest BCUT2D eigenvalue weighted by atomic mass is 9.83. The molecular weight excluding hydrogens is 362 g/mol. The number of fused-ring (bicyclic) bond motifs is 3. The van der Waals surface area contributed by atoms with Gasteiger partial charge in [0.15, 0.2) is 5.78 Å². The Morgan fingerprint density at radius 1 is 1.11 bits per heavy atom. The summed E-state index contributed by atoms with van der Waals surface area (Å²) in [7, 11) is 0. The Kier molecular flexibility index (Phi) is 3.35. The molecule has 3 aromatic rings. The zero-order valence-electron chi connectivity index (χ0n) is 14.4. The molecule has 0 bridgehead atoms. The third kappa shape index (κ3) is 2.09. The summed E-state index contributed by atoms with van der Waals surface area (Å²) in [5, 5.41) is 7.11. The normalized spacial score (nSPS) is 17.4. The summed E-state index contributed by atoms with van der Waals surface area (Å²) in [5.74, 6) is -0.126. The third-order valence-corrected chi connectivity index (χ3v) is 5.91. The van der Waals surface area contributed by atoms with Gasteiger partial charge < -0.3 is 5.32 Å². The van der Waals surface area contributed by atoms with Gasteiger partial charge in [-0.3, -0.25) is 19.1 Å². The summed E-state index contributed by atoms with van der Waals surface area (Å²) in [6.45, 7) is 2.25. The topological polar surface area (TPSA) is 84.0 Å². The average Bonchev–Trinajstić information content (AvgIpc) is 3.29. The molecule has 1 aromatic carbocycles. The van der Waals surface area contributed by atoms with Crippen molar-refractivity contribution in [3.63, 3.8) is 0 Å². The molecule has 7 heteroatoms. The number of aromatic nitrogens is 2. The second-order valence-electron chi connectivity index (χ2n) is 6.54. The van der Waals surface area contributed by atoms with Crippen LogP contribution >= 0.6 is 11.3 Å². The summed E-state index contributed by atoms with van der Waals surface area (Å²) < 4.78 is 1.51. The van der Waals surface area contributed by atoms with Crippen LogP contribution in [0.15, 0.2) is 56.3 Å². The van der Waals surface area contributed by atoms with Gasteiger partial charge in [0, 0.05) is 29.2 Å². The minimum atomic E-state index is -0.510. The van der Waals surface area contributed by atoms with Crippen molar-refractivity contribution in [3.05, 3.63) is 89.8 Å². The van der Waals surface area contributed by atoms with Crippen molar-refractivity contribution in [1.82, 2.24) is 9.55 Å². The van der Waals surface area contributed by atoms with Gasteiger partial charge in [-0.2, -0.15) is 11.3 Å². The molecule has 0 unspecified atom stereocenters. The summed E-state index contributed by atoms with van der Waals surface area (Å²) >= 11 is 1.51. The molecule has 5 rings (SSSR count). The number of nitrogens with one attached hydrogen (secondary N) is 2. The van der Waals surface area contributed by atoms with Crippen LogP contribution in [0.1, 0.15) is 39.9 Å². The number of hydrogen-bond donors (Lipinski definition) is 2. The van der Waals surface area contributed by atoms with E-state index in [9.17, 15) is 14.4 Å². The highest BCUT2D eigenvalue weighted by Gasteiger charge is 2.42. The van der Waals surface area contributed by atoms with Gasteiger partial charge in [0.25, 0.3) is 5.56 Å². The van der Waals surface area contributed by atoms with Crippen LogP contribution in [0.5, 0.6) is 0 Å². The number of ketones is 1. The molecular formula is C20H15N3O3S.